The van der Waals surface area contributed by atoms with Crippen molar-refractivity contribution in [2.75, 3.05) is 20.1 Å². The first kappa shape index (κ1) is 17.8. The van der Waals surface area contributed by atoms with Crippen molar-refractivity contribution in [1.29, 1.82) is 0 Å². The molecule has 1 aliphatic rings. The number of rotatable bonds is 5. The van der Waals surface area contributed by atoms with Crippen molar-refractivity contribution in [3.05, 3.63) is 0 Å². The number of nitrogens with zero attached hydrogens (tertiary/aromatic N) is 2. The zero-order valence-corrected chi connectivity index (χ0v) is 14.1. The van der Waals surface area contributed by atoms with Crippen LogP contribution in [0.2, 0.25) is 0 Å². The van der Waals surface area contributed by atoms with Gasteiger partial charge in [-0.25, -0.2) is 4.79 Å². The summed E-state index contributed by atoms with van der Waals surface area (Å²) in [6, 6.07) is 0.127. The Bertz CT molecular complexity index is 384. The van der Waals surface area contributed by atoms with Gasteiger partial charge in [0.15, 0.2) is 0 Å². The van der Waals surface area contributed by atoms with Crippen molar-refractivity contribution in [3.63, 3.8) is 0 Å². The molecule has 2 unspecified atom stereocenters. The number of urea groups is 1. The van der Waals surface area contributed by atoms with Gasteiger partial charge >= 0.3 is 12.0 Å². The van der Waals surface area contributed by atoms with Crippen LogP contribution in [0.1, 0.15) is 53.4 Å². The van der Waals surface area contributed by atoms with E-state index in [1.807, 2.05) is 20.9 Å². The number of piperidine rings is 1. The van der Waals surface area contributed by atoms with Crippen LogP contribution in [0.15, 0.2) is 0 Å². The molecule has 2 atom stereocenters. The van der Waals surface area contributed by atoms with Gasteiger partial charge in [0.05, 0.1) is 5.41 Å². The number of likely N-dealkylation sites (tertiary alicyclic amines) is 1. The molecule has 2 amide bonds. The van der Waals surface area contributed by atoms with Crippen molar-refractivity contribution in [1.82, 2.24) is 9.80 Å². The average molecular weight is 298 g/mol. The molecule has 0 saturated carbocycles. The van der Waals surface area contributed by atoms with Crippen LogP contribution in [0.3, 0.4) is 0 Å². The average Bonchev–Trinajstić information content (AvgIpc) is 2.44. The van der Waals surface area contributed by atoms with E-state index in [1.54, 1.807) is 9.80 Å². The van der Waals surface area contributed by atoms with Gasteiger partial charge in [0.2, 0.25) is 0 Å². The Morgan fingerprint density at radius 2 is 1.95 bits per heavy atom. The predicted molar refractivity (Wildman–Crippen MR) is 83.2 cm³/mol. The van der Waals surface area contributed by atoms with Gasteiger partial charge in [-0.1, -0.05) is 20.8 Å². The fraction of sp³-hybridized carbons (Fsp3) is 0.875. The summed E-state index contributed by atoms with van der Waals surface area (Å²) < 4.78 is 0. The van der Waals surface area contributed by atoms with E-state index in [2.05, 4.69) is 13.8 Å². The second-order valence-electron chi connectivity index (χ2n) is 6.84. The summed E-state index contributed by atoms with van der Waals surface area (Å²) in [4.78, 5) is 27.7. The number of aliphatic carboxylic acids is 1. The maximum Gasteiger partial charge on any atom is 0.320 e. The molecule has 5 heteroatoms. The van der Waals surface area contributed by atoms with Crippen LogP contribution < -0.4 is 0 Å². The highest BCUT2D eigenvalue weighted by atomic mass is 16.4. The molecule has 1 saturated heterocycles. The molecule has 0 aromatic rings. The number of carbonyl (C=O) groups excluding carboxylic acids is 1. The van der Waals surface area contributed by atoms with Crippen LogP contribution in [-0.2, 0) is 4.79 Å². The first-order valence-corrected chi connectivity index (χ1v) is 7.98. The maximum atomic E-state index is 12.6. The molecule has 21 heavy (non-hydrogen) atoms. The summed E-state index contributed by atoms with van der Waals surface area (Å²) >= 11 is 0. The third-order valence-corrected chi connectivity index (χ3v) is 4.75. The minimum absolute atomic E-state index is 0.0399. The number of hydrogen-bond acceptors (Lipinski definition) is 2. The summed E-state index contributed by atoms with van der Waals surface area (Å²) in [7, 11) is 1.82. The van der Waals surface area contributed by atoms with Crippen LogP contribution in [0.5, 0.6) is 0 Å². The van der Waals surface area contributed by atoms with Gasteiger partial charge in [-0.05, 0) is 38.5 Å². The third-order valence-electron chi connectivity index (χ3n) is 4.75. The van der Waals surface area contributed by atoms with Gasteiger partial charge < -0.3 is 14.9 Å². The number of hydrogen-bond donors (Lipinski definition) is 1. The Kier molecular flexibility index (Phi) is 6.05. The number of amides is 2. The molecule has 5 nitrogen and oxygen atoms in total. The van der Waals surface area contributed by atoms with Crippen LogP contribution in [0.4, 0.5) is 4.79 Å². The lowest BCUT2D eigenvalue weighted by Crippen LogP contribution is -2.54. The highest BCUT2D eigenvalue weighted by Gasteiger charge is 2.42. The largest absolute Gasteiger partial charge is 0.481 e. The van der Waals surface area contributed by atoms with E-state index in [-0.39, 0.29) is 12.1 Å². The van der Waals surface area contributed by atoms with Crippen molar-refractivity contribution in [2.45, 2.75) is 59.4 Å². The third kappa shape index (κ3) is 4.11. The summed E-state index contributed by atoms with van der Waals surface area (Å²) in [6.07, 6.45) is 2.94. The van der Waals surface area contributed by atoms with E-state index in [1.165, 1.54) is 0 Å². The fourth-order valence-electron chi connectivity index (χ4n) is 3.16. The summed E-state index contributed by atoms with van der Waals surface area (Å²) in [5.74, 6) is -0.245. The van der Waals surface area contributed by atoms with Gasteiger partial charge in [0.25, 0.3) is 0 Å². The van der Waals surface area contributed by atoms with E-state index < -0.39 is 11.4 Å². The number of carboxylic acids is 1. The van der Waals surface area contributed by atoms with Gasteiger partial charge in [-0.2, -0.15) is 0 Å². The molecule has 1 N–H and O–H groups in total. The number of carboxylic acid groups (broad SMARTS) is 1. The molecular weight excluding hydrogens is 268 g/mol. The van der Waals surface area contributed by atoms with Gasteiger partial charge in [0.1, 0.15) is 0 Å². The zero-order valence-electron chi connectivity index (χ0n) is 14.1. The first-order valence-electron chi connectivity index (χ1n) is 7.98. The van der Waals surface area contributed by atoms with E-state index in [4.69, 9.17) is 0 Å². The molecule has 1 aliphatic heterocycles. The molecule has 0 spiro atoms. The molecule has 0 bridgehead atoms. The van der Waals surface area contributed by atoms with Gasteiger partial charge in [-0.15, -0.1) is 0 Å². The Morgan fingerprint density at radius 3 is 2.43 bits per heavy atom. The topological polar surface area (TPSA) is 60.9 Å². The Morgan fingerprint density at radius 1 is 1.33 bits per heavy atom. The van der Waals surface area contributed by atoms with Crippen molar-refractivity contribution >= 4 is 12.0 Å². The summed E-state index contributed by atoms with van der Waals surface area (Å²) in [6.45, 7) is 9.22. The standard InChI is InChI=1S/C16H30N2O3/c1-6-16(14(19)20)8-7-9-18(11-16)15(21)17(5)13(4)10-12(2)3/h12-13H,6-11H2,1-5H3,(H,19,20). The SMILES string of the molecule is CCC1(C(=O)O)CCCN(C(=O)N(C)C(C)CC(C)C)C1. The van der Waals surface area contributed by atoms with Gasteiger partial charge in [-0.3, -0.25) is 4.79 Å². The number of carbonyl (C=O) groups is 2. The highest BCUT2D eigenvalue weighted by molar-refractivity contribution is 5.78. The predicted octanol–water partition coefficient (Wildman–Crippen LogP) is 3.05. The lowest BCUT2D eigenvalue weighted by molar-refractivity contribution is -0.152. The Hall–Kier alpha value is -1.26. The van der Waals surface area contributed by atoms with Crippen molar-refractivity contribution in [2.24, 2.45) is 11.3 Å². The quantitative estimate of drug-likeness (QED) is 0.848. The molecule has 1 heterocycles. The molecule has 122 valence electrons. The molecule has 1 rings (SSSR count). The smallest absolute Gasteiger partial charge is 0.320 e. The minimum atomic E-state index is -0.777. The minimum Gasteiger partial charge on any atom is -0.481 e. The van der Waals surface area contributed by atoms with Gasteiger partial charge in [0, 0.05) is 26.2 Å². The van der Waals surface area contributed by atoms with Crippen molar-refractivity contribution in [3.8, 4) is 0 Å². The molecule has 0 aromatic carbocycles. The lowest BCUT2D eigenvalue weighted by atomic mass is 9.78. The summed E-state index contributed by atoms with van der Waals surface area (Å²) in [5.41, 5.74) is -0.768. The first-order chi connectivity index (χ1) is 9.73. The van der Waals surface area contributed by atoms with E-state index >= 15 is 0 Å². The summed E-state index contributed by atoms with van der Waals surface area (Å²) in [5, 5.41) is 9.50. The second kappa shape index (κ2) is 7.14. The molecule has 0 radical (unpaired) electrons. The monoisotopic (exact) mass is 298 g/mol. The molecule has 1 fully saturated rings. The lowest BCUT2D eigenvalue weighted by Gasteiger charge is -2.41. The molecular formula is C16H30N2O3. The Balaban J connectivity index is 2.76. The van der Waals surface area contributed by atoms with Crippen LogP contribution in [0, 0.1) is 11.3 Å². The highest BCUT2D eigenvalue weighted by Crippen LogP contribution is 2.34. The van der Waals surface area contributed by atoms with Crippen molar-refractivity contribution < 1.29 is 14.7 Å². The normalized spacial score (nSPS) is 24.0. The van der Waals surface area contributed by atoms with Crippen LogP contribution in [-0.4, -0.2) is 53.1 Å². The van der Waals surface area contributed by atoms with Crippen LogP contribution >= 0.6 is 0 Å². The zero-order chi connectivity index (χ0) is 16.2. The maximum absolute atomic E-state index is 12.6. The van der Waals surface area contributed by atoms with E-state index in [9.17, 15) is 14.7 Å². The van der Waals surface area contributed by atoms with E-state index in [0.29, 0.717) is 31.8 Å². The second-order valence-corrected chi connectivity index (χ2v) is 6.84. The fourth-order valence-corrected chi connectivity index (χ4v) is 3.16. The molecule has 0 aromatic heterocycles. The van der Waals surface area contributed by atoms with Crippen LogP contribution in [0.25, 0.3) is 0 Å². The van der Waals surface area contributed by atoms with E-state index in [0.717, 1.165) is 12.8 Å². The Labute approximate surface area is 128 Å². The molecule has 0 aliphatic carbocycles.